The van der Waals surface area contributed by atoms with Gasteiger partial charge in [-0.2, -0.15) is 5.10 Å². The molecular formula is C22H33IN6. The van der Waals surface area contributed by atoms with Crippen LogP contribution in [-0.2, 0) is 26.4 Å². The van der Waals surface area contributed by atoms with E-state index in [-0.39, 0.29) is 24.0 Å². The number of nitrogens with zero attached hydrogens (tertiary/aromatic N) is 3. The van der Waals surface area contributed by atoms with E-state index >= 15 is 0 Å². The summed E-state index contributed by atoms with van der Waals surface area (Å²) in [5.74, 6) is 0.847. The molecular weight excluding hydrogens is 475 g/mol. The molecule has 0 unspecified atom stereocenters. The normalized spacial score (nSPS) is 11.6. The van der Waals surface area contributed by atoms with E-state index in [9.17, 15) is 0 Å². The number of halogens is 1. The van der Waals surface area contributed by atoms with Crippen molar-refractivity contribution >= 4 is 40.8 Å². The van der Waals surface area contributed by atoms with Gasteiger partial charge in [-0.15, -0.1) is 24.0 Å². The molecule has 158 valence electrons. The van der Waals surface area contributed by atoms with E-state index in [0.29, 0.717) is 6.54 Å². The number of aromatic nitrogens is 3. The monoisotopic (exact) mass is 508 g/mol. The molecule has 0 atom stereocenters. The molecule has 0 saturated heterocycles. The van der Waals surface area contributed by atoms with Crippen LogP contribution in [0, 0.1) is 13.8 Å². The van der Waals surface area contributed by atoms with E-state index in [1.165, 1.54) is 33.3 Å². The fourth-order valence-corrected chi connectivity index (χ4v) is 3.64. The van der Waals surface area contributed by atoms with Crippen LogP contribution in [-0.4, -0.2) is 33.8 Å². The second-order valence-electron chi connectivity index (χ2n) is 7.15. The van der Waals surface area contributed by atoms with Gasteiger partial charge in [-0.25, -0.2) is 4.99 Å². The number of benzene rings is 1. The summed E-state index contributed by atoms with van der Waals surface area (Å²) in [7, 11) is 1.98. The third-order valence-corrected chi connectivity index (χ3v) is 5.35. The number of hydrogen-bond acceptors (Lipinski definition) is 2. The number of aryl methyl sites for hydroxylation is 3. The molecule has 0 saturated carbocycles. The van der Waals surface area contributed by atoms with Gasteiger partial charge in [0.2, 0.25) is 0 Å². The molecule has 0 amide bonds. The Balaban J connectivity index is 0.00000300. The Labute approximate surface area is 190 Å². The number of fused-ring (bicyclic) bond motifs is 1. The lowest BCUT2D eigenvalue weighted by molar-refractivity contribution is 0.730. The molecule has 0 aliphatic heterocycles. The maximum absolute atomic E-state index is 4.76. The summed E-state index contributed by atoms with van der Waals surface area (Å²) < 4.78 is 1.92. The summed E-state index contributed by atoms with van der Waals surface area (Å²) in [6.45, 7) is 10.7. The number of aliphatic imine (C=N–C) groups is 1. The van der Waals surface area contributed by atoms with E-state index in [1.807, 2.05) is 18.7 Å². The van der Waals surface area contributed by atoms with Crippen molar-refractivity contribution in [1.82, 2.24) is 25.4 Å². The second-order valence-corrected chi connectivity index (χ2v) is 7.15. The van der Waals surface area contributed by atoms with Crippen LogP contribution in [0.15, 0.2) is 29.4 Å². The first-order chi connectivity index (χ1) is 13.5. The van der Waals surface area contributed by atoms with Crippen molar-refractivity contribution in [1.29, 1.82) is 0 Å². The lowest BCUT2D eigenvalue weighted by Crippen LogP contribution is -2.38. The van der Waals surface area contributed by atoms with Crippen LogP contribution in [0.5, 0.6) is 0 Å². The van der Waals surface area contributed by atoms with E-state index < -0.39 is 0 Å². The molecule has 0 bridgehead atoms. The van der Waals surface area contributed by atoms with Crippen molar-refractivity contribution in [3.8, 4) is 0 Å². The Kier molecular flexibility index (Phi) is 8.55. The molecule has 3 rings (SSSR count). The van der Waals surface area contributed by atoms with E-state index in [4.69, 9.17) is 4.99 Å². The van der Waals surface area contributed by atoms with Gasteiger partial charge in [-0.3, -0.25) is 4.68 Å². The van der Waals surface area contributed by atoms with Gasteiger partial charge in [-0.1, -0.05) is 25.1 Å². The first-order valence-electron chi connectivity index (χ1n) is 10.1. The van der Waals surface area contributed by atoms with Crippen LogP contribution in [0.25, 0.3) is 10.9 Å². The van der Waals surface area contributed by atoms with Crippen LogP contribution in [0.1, 0.15) is 41.9 Å². The van der Waals surface area contributed by atoms with Crippen LogP contribution in [0.4, 0.5) is 0 Å². The molecule has 1 aromatic carbocycles. The zero-order valence-corrected chi connectivity index (χ0v) is 20.4. The Morgan fingerprint density at radius 2 is 1.97 bits per heavy atom. The maximum atomic E-state index is 4.76. The standard InChI is InChI=1S/C22H32N6.HI/c1-6-17-9-8-10-19-18(13-25-21(17)19)11-12-24-22(23-7-2)26-14-20-15(3)27-28(5)16(20)4;/h8-10,13,25H,6-7,11-12,14H2,1-5H3,(H2,23,24,26);1H. The van der Waals surface area contributed by atoms with Gasteiger partial charge < -0.3 is 15.6 Å². The molecule has 2 aromatic heterocycles. The fraction of sp³-hybridized carbons (Fsp3) is 0.455. The number of hydrogen-bond donors (Lipinski definition) is 3. The van der Waals surface area contributed by atoms with E-state index in [1.54, 1.807) is 0 Å². The predicted molar refractivity (Wildman–Crippen MR) is 132 cm³/mol. The molecule has 3 N–H and O–H groups in total. The number of nitrogens with one attached hydrogen (secondary N) is 3. The Morgan fingerprint density at radius 3 is 2.62 bits per heavy atom. The zero-order valence-electron chi connectivity index (χ0n) is 18.1. The van der Waals surface area contributed by atoms with Crippen LogP contribution in [0.2, 0.25) is 0 Å². The minimum Gasteiger partial charge on any atom is -0.361 e. The highest BCUT2D eigenvalue weighted by Gasteiger charge is 2.10. The number of H-pyrrole nitrogens is 1. The molecule has 6 nitrogen and oxygen atoms in total. The van der Waals surface area contributed by atoms with Gasteiger partial charge in [0.15, 0.2) is 5.96 Å². The molecule has 0 aliphatic rings. The van der Waals surface area contributed by atoms with Crippen LogP contribution in [0.3, 0.4) is 0 Å². The molecule has 7 heteroatoms. The number of aromatic amines is 1. The SMILES string of the molecule is CCNC(=NCc1c(C)nn(C)c1C)NCCc1c[nH]c2c(CC)cccc12.I. The molecule has 0 aliphatic carbocycles. The summed E-state index contributed by atoms with van der Waals surface area (Å²) in [6.07, 6.45) is 4.13. The minimum absolute atomic E-state index is 0. The van der Waals surface area contributed by atoms with Gasteiger partial charge in [0.05, 0.1) is 12.2 Å². The van der Waals surface area contributed by atoms with Gasteiger partial charge in [0.25, 0.3) is 0 Å². The second kappa shape index (κ2) is 10.7. The van der Waals surface area contributed by atoms with Crippen molar-refractivity contribution in [2.24, 2.45) is 12.0 Å². The molecule has 3 aromatic rings. The molecule has 2 heterocycles. The topological polar surface area (TPSA) is 70.0 Å². The first-order valence-corrected chi connectivity index (χ1v) is 10.1. The van der Waals surface area contributed by atoms with Gasteiger partial charge in [-0.05, 0) is 44.7 Å². The highest BCUT2D eigenvalue weighted by molar-refractivity contribution is 14.0. The fourth-order valence-electron chi connectivity index (χ4n) is 3.64. The number of rotatable bonds is 7. The van der Waals surface area contributed by atoms with Crippen molar-refractivity contribution in [2.75, 3.05) is 13.1 Å². The van der Waals surface area contributed by atoms with Crippen molar-refractivity contribution < 1.29 is 0 Å². The third kappa shape index (κ3) is 5.32. The molecule has 29 heavy (non-hydrogen) atoms. The molecule has 0 fully saturated rings. The Hall–Kier alpha value is -2.03. The molecule has 0 radical (unpaired) electrons. The zero-order chi connectivity index (χ0) is 20.1. The summed E-state index contributed by atoms with van der Waals surface area (Å²) >= 11 is 0. The minimum atomic E-state index is 0. The maximum Gasteiger partial charge on any atom is 0.191 e. The average Bonchev–Trinajstić information content (AvgIpc) is 3.20. The van der Waals surface area contributed by atoms with Gasteiger partial charge >= 0.3 is 0 Å². The number of para-hydroxylation sites is 1. The van der Waals surface area contributed by atoms with Crippen LogP contribution >= 0.6 is 24.0 Å². The van der Waals surface area contributed by atoms with Crippen molar-refractivity contribution in [2.45, 2.75) is 47.1 Å². The van der Waals surface area contributed by atoms with Crippen molar-refractivity contribution in [3.05, 3.63) is 52.5 Å². The number of guanidine groups is 1. The summed E-state index contributed by atoms with van der Waals surface area (Å²) in [5.41, 5.74) is 7.39. The van der Waals surface area contributed by atoms with Gasteiger partial charge in [0, 0.05) is 48.5 Å². The van der Waals surface area contributed by atoms with E-state index in [0.717, 1.165) is 37.6 Å². The Bertz CT molecular complexity index is 969. The van der Waals surface area contributed by atoms with E-state index in [2.05, 4.69) is 65.9 Å². The quantitative estimate of drug-likeness (QED) is 0.257. The van der Waals surface area contributed by atoms with Gasteiger partial charge in [0.1, 0.15) is 0 Å². The smallest absolute Gasteiger partial charge is 0.191 e. The first kappa shape index (κ1) is 23.3. The third-order valence-electron chi connectivity index (χ3n) is 5.35. The average molecular weight is 508 g/mol. The lowest BCUT2D eigenvalue weighted by Gasteiger charge is -2.11. The highest BCUT2D eigenvalue weighted by Crippen LogP contribution is 2.22. The van der Waals surface area contributed by atoms with Crippen molar-refractivity contribution in [3.63, 3.8) is 0 Å². The largest absolute Gasteiger partial charge is 0.361 e. The highest BCUT2D eigenvalue weighted by atomic mass is 127. The summed E-state index contributed by atoms with van der Waals surface area (Å²) in [5, 5.41) is 12.6. The summed E-state index contributed by atoms with van der Waals surface area (Å²) in [4.78, 5) is 8.21. The van der Waals surface area contributed by atoms with Crippen LogP contribution < -0.4 is 10.6 Å². The summed E-state index contributed by atoms with van der Waals surface area (Å²) in [6, 6.07) is 6.54. The predicted octanol–water partition coefficient (Wildman–Crippen LogP) is 4.00. The Morgan fingerprint density at radius 1 is 1.17 bits per heavy atom. The molecule has 0 spiro atoms. The lowest BCUT2D eigenvalue weighted by atomic mass is 10.1.